The largest absolute Gasteiger partial charge is 0.756 e. The number of likely N-dealkylation sites (N-methyl/N-ethyl adjacent to an activating group) is 1. The van der Waals surface area contributed by atoms with Gasteiger partial charge in [0.2, 0.25) is 0 Å². The molecule has 0 rings (SSSR count). The highest BCUT2D eigenvalue weighted by atomic mass is 31.2. The fourth-order valence-corrected chi connectivity index (χ4v) is 4.46. The van der Waals surface area contributed by atoms with E-state index in [4.69, 9.17) is 9.26 Å². The van der Waals surface area contributed by atoms with Gasteiger partial charge >= 0.3 is 5.97 Å². The van der Waals surface area contributed by atoms with Gasteiger partial charge in [0.25, 0.3) is 7.82 Å². The number of aliphatic hydroxyl groups excluding tert-OH is 1. The van der Waals surface area contributed by atoms with E-state index in [0.29, 0.717) is 11.0 Å². The van der Waals surface area contributed by atoms with E-state index in [0.717, 1.165) is 19.3 Å². The van der Waals surface area contributed by atoms with Crippen molar-refractivity contribution < 1.29 is 37.6 Å². The van der Waals surface area contributed by atoms with Gasteiger partial charge in [0, 0.05) is 6.08 Å². The molecule has 0 fully saturated rings. The number of aliphatic hydroxyl groups is 1. The molecule has 2 atom stereocenters. The van der Waals surface area contributed by atoms with Gasteiger partial charge in [0.15, 0.2) is 0 Å². The maximum Gasteiger partial charge on any atom is 0.330 e. The molecule has 0 bridgehead atoms. The van der Waals surface area contributed by atoms with Crippen molar-refractivity contribution in [3.8, 4) is 0 Å². The molecule has 0 aromatic rings. The van der Waals surface area contributed by atoms with E-state index < -0.39 is 26.5 Å². The molecular formula is C28H56NO7P. The molecule has 0 aromatic heterocycles. The lowest BCUT2D eigenvalue weighted by molar-refractivity contribution is -0.870. The van der Waals surface area contributed by atoms with Gasteiger partial charge in [-0.1, -0.05) is 103 Å². The highest BCUT2D eigenvalue weighted by molar-refractivity contribution is 7.45. The van der Waals surface area contributed by atoms with Crippen molar-refractivity contribution in [3.63, 3.8) is 0 Å². The predicted molar refractivity (Wildman–Crippen MR) is 148 cm³/mol. The first-order valence-electron chi connectivity index (χ1n) is 14.5. The first-order valence-corrected chi connectivity index (χ1v) is 15.9. The van der Waals surface area contributed by atoms with E-state index in [2.05, 4.69) is 11.4 Å². The van der Waals surface area contributed by atoms with Crippen molar-refractivity contribution >= 4 is 13.8 Å². The zero-order valence-electron chi connectivity index (χ0n) is 24.2. The molecule has 0 spiro atoms. The summed E-state index contributed by atoms with van der Waals surface area (Å²) in [4.78, 5) is 23.4. The van der Waals surface area contributed by atoms with Gasteiger partial charge in [-0.2, -0.15) is 0 Å². The molecule has 37 heavy (non-hydrogen) atoms. The minimum Gasteiger partial charge on any atom is -0.756 e. The van der Waals surface area contributed by atoms with Crippen molar-refractivity contribution in [2.75, 3.05) is 47.5 Å². The molecule has 0 aliphatic heterocycles. The van der Waals surface area contributed by atoms with Crippen LogP contribution in [0.3, 0.4) is 0 Å². The Hall–Kier alpha value is -0.760. The molecule has 9 heteroatoms. The monoisotopic (exact) mass is 549 g/mol. The summed E-state index contributed by atoms with van der Waals surface area (Å²) in [5.41, 5.74) is 0. The second kappa shape index (κ2) is 23.2. The zero-order valence-corrected chi connectivity index (χ0v) is 25.1. The van der Waals surface area contributed by atoms with Gasteiger partial charge < -0.3 is 28.3 Å². The van der Waals surface area contributed by atoms with Crippen molar-refractivity contribution in [2.24, 2.45) is 0 Å². The van der Waals surface area contributed by atoms with Crippen molar-refractivity contribution in [1.82, 2.24) is 0 Å². The van der Waals surface area contributed by atoms with Crippen LogP contribution in [0.25, 0.3) is 0 Å². The number of carbonyl (C=O) groups excluding carboxylic acids is 1. The molecule has 0 heterocycles. The summed E-state index contributed by atoms with van der Waals surface area (Å²) in [5.74, 6) is -0.565. The van der Waals surface area contributed by atoms with Crippen LogP contribution < -0.4 is 4.89 Å². The Bertz CT molecular complexity index is 622. The van der Waals surface area contributed by atoms with Crippen LogP contribution in [-0.4, -0.2) is 69.2 Å². The van der Waals surface area contributed by atoms with Gasteiger partial charge in [-0.3, -0.25) is 4.57 Å². The van der Waals surface area contributed by atoms with E-state index >= 15 is 0 Å². The Balaban J connectivity index is 3.58. The number of hydrogen-bond donors (Lipinski definition) is 1. The highest BCUT2D eigenvalue weighted by Crippen LogP contribution is 2.38. The summed E-state index contributed by atoms with van der Waals surface area (Å²) in [7, 11) is 1.23. The first kappa shape index (κ1) is 36.2. The smallest absolute Gasteiger partial charge is 0.330 e. The predicted octanol–water partition coefficient (Wildman–Crippen LogP) is 5.92. The van der Waals surface area contributed by atoms with E-state index in [-0.39, 0.29) is 13.2 Å². The number of hydrogen-bond acceptors (Lipinski definition) is 7. The normalized spacial score (nSPS) is 14.6. The fourth-order valence-electron chi connectivity index (χ4n) is 3.73. The Kier molecular flexibility index (Phi) is 22.7. The number of rotatable bonds is 26. The quantitative estimate of drug-likeness (QED) is 0.0470. The second-order valence-corrected chi connectivity index (χ2v) is 12.4. The van der Waals surface area contributed by atoms with Gasteiger partial charge in [0.05, 0.1) is 27.7 Å². The minimum absolute atomic E-state index is 0.0144. The van der Waals surface area contributed by atoms with Gasteiger partial charge in [-0.15, -0.1) is 0 Å². The zero-order chi connectivity index (χ0) is 27.8. The maximum absolute atomic E-state index is 11.7. The number of nitrogens with zero attached hydrogens (tertiary/aromatic N) is 1. The van der Waals surface area contributed by atoms with E-state index in [1.165, 1.54) is 89.5 Å². The molecule has 0 saturated carbocycles. The Morgan fingerprint density at radius 3 is 1.81 bits per heavy atom. The second-order valence-electron chi connectivity index (χ2n) is 11.0. The third-order valence-corrected chi connectivity index (χ3v) is 7.05. The Morgan fingerprint density at radius 2 is 1.32 bits per heavy atom. The summed E-state index contributed by atoms with van der Waals surface area (Å²) in [6.07, 6.45) is 22.5. The number of carbonyl (C=O) groups is 1. The molecule has 0 aromatic carbocycles. The molecule has 0 amide bonds. The van der Waals surface area contributed by atoms with Gasteiger partial charge in [0.1, 0.15) is 25.9 Å². The van der Waals surface area contributed by atoms with Crippen LogP contribution in [0.4, 0.5) is 0 Å². The molecule has 1 N–H and O–H groups in total. The van der Waals surface area contributed by atoms with Crippen molar-refractivity contribution in [1.29, 1.82) is 0 Å². The Morgan fingerprint density at radius 1 is 0.838 bits per heavy atom. The molecule has 0 radical (unpaired) electrons. The van der Waals surface area contributed by atoms with Crippen molar-refractivity contribution in [3.05, 3.63) is 12.2 Å². The number of esters is 1. The molecule has 220 valence electrons. The lowest BCUT2D eigenvalue weighted by atomic mass is 10.0. The minimum atomic E-state index is -4.50. The third-order valence-electron chi connectivity index (χ3n) is 6.08. The maximum atomic E-state index is 11.7. The number of allylic oxidation sites excluding steroid dienone is 1. The van der Waals surface area contributed by atoms with Crippen LogP contribution in [0.5, 0.6) is 0 Å². The van der Waals surface area contributed by atoms with Crippen LogP contribution in [0.2, 0.25) is 0 Å². The average Bonchev–Trinajstić information content (AvgIpc) is 2.82. The first-order chi connectivity index (χ1) is 17.6. The summed E-state index contributed by atoms with van der Waals surface area (Å²) < 4.78 is 26.6. The molecule has 0 aliphatic carbocycles. The summed E-state index contributed by atoms with van der Waals surface area (Å²) in [6.45, 7) is 1.86. The summed E-state index contributed by atoms with van der Waals surface area (Å²) in [5, 5.41) is 9.79. The number of unbranched alkanes of at least 4 members (excludes halogenated alkanes) is 15. The third kappa shape index (κ3) is 28.1. The van der Waals surface area contributed by atoms with Crippen LogP contribution in [0.1, 0.15) is 110 Å². The summed E-state index contributed by atoms with van der Waals surface area (Å²) >= 11 is 0. The SMILES string of the molecule is CCCCCCCCCCCCCCCCCC=CC(=O)OC[C@@H](O)COP(=O)([O-])OCC[N+](C)(C)C. The standard InChI is InChI=1S/C28H56NO7P/c1-5-6-7-8-9-10-11-12-13-14-15-16-17-18-19-20-21-22-28(31)34-25-27(30)26-36-37(32,33)35-24-23-29(2,3)4/h21-22,27,30H,5-20,23-26H2,1-4H3/t27-/m1/s1. The van der Waals surface area contributed by atoms with E-state index in [1.807, 2.05) is 21.1 Å². The van der Waals surface area contributed by atoms with Crippen LogP contribution in [0, 0.1) is 0 Å². The van der Waals surface area contributed by atoms with E-state index in [9.17, 15) is 19.4 Å². The highest BCUT2D eigenvalue weighted by Gasteiger charge is 2.16. The topological polar surface area (TPSA) is 105 Å². The summed E-state index contributed by atoms with van der Waals surface area (Å²) in [6, 6.07) is 0. The van der Waals surface area contributed by atoms with E-state index in [1.54, 1.807) is 6.08 Å². The van der Waals surface area contributed by atoms with Crippen LogP contribution in [-0.2, 0) is 23.1 Å². The number of phosphoric ester groups is 1. The van der Waals surface area contributed by atoms with Crippen LogP contribution in [0.15, 0.2) is 12.2 Å². The van der Waals surface area contributed by atoms with Gasteiger partial charge in [-0.05, 0) is 12.8 Å². The molecule has 1 unspecified atom stereocenters. The molecule has 0 saturated heterocycles. The number of phosphoric acid groups is 1. The average molecular weight is 550 g/mol. The Labute approximate surface area is 227 Å². The molecule has 0 aliphatic rings. The number of quaternary nitrogens is 1. The van der Waals surface area contributed by atoms with Crippen LogP contribution >= 0.6 is 7.82 Å². The van der Waals surface area contributed by atoms with Gasteiger partial charge in [-0.25, -0.2) is 4.79 Å². The number of ether oxygens (including phenoxy) is 1. The lowest BCUT2D eigenvalue weighted by Gasteiger charge is -2.27. The lowest BCUT2D eigenvalue weighted by Crippen LogP contribution is -2.37. The fraction of sp³-hybridized carbons (Fsp3) is 0.893. The molecule has 8 nitrogen and oxygen atoms in total. The molecular weight excluding hydrogens is 493 g/mol. The van der Waals surface area contributed by atoms with Crippen molar-refractivity contribution in [2.45, 2.75) is 116 Å².